The highest BCUT2D eigenvalue weighted by Crippen LogP contribution is 2.40. The summed E-state index contributed by atoms with van der Waals surface area (Å²) in [6.07, 6.45) is -8.53. The molecule has 0 aliphatic carbocycles. The van der Waals surface area contributed by atoms with E-state index in [1.165, 1.54) is 15.5 Å². The van der Waals surface area contributed by atoms with E-state index in [9.17, 15) is 39.5 Å². The Morgan fingerprint density at radius 1 is 0.732 bits per heavy atom. The molecule has 0 aliphatic rings. The van der Waals surface area contributed by atoms with Gasteiger partial charge < -0.3 is 4.55 Å². The molecule has 0 bridgehead atoms. The van der Waals surface area contributed by atoms with E-state index < -0.39 is 39.1 Å². The van der Waals surface area contributed by atoms with Gasteiger partial charge in [-0.1, -0.05) is 51.1 Å². The molecule has 222 valence electrons. The van der Waals surface area contributed by atoms with Gasteiger partial charge in [0.25, 0.3) is 6.33 Å². The van der Waals surface area contributed by atoms with Gasteiger partial charge in [0.2, 0.25) is 0 Å². The zero-order valence-electron chi connectivity index (χ0n) is 21.4. The summed E-state index contributed by atoms with van der Waals surface area (Å²) in [7, 11) is -6.09. The van der Waals surface area contributed by atoms with Crippen LogP contribution in [0.3, 0.4) is 0 Å². The molecule has 0 unspecified atom stereocenters. The quantitative estimate of drug-likeness (QED) is 0.103. The number of halogens is 9. The third-order valence-corrected chi connectivity index (χ3v) is 6.35. The van der Waals surface area contributed by atoms with Crippen LogP contribution in [0.25, 0.3) is 22.4 Å². The normalized spacial score (nSPS) is 13.2. The minimum absolute atomic E-state index is 0.159. The fraction of sp³-hybridized carbons (Fsp3) is 0.269. The molecular formula is C26H21F9N2O3S. The molecule has 0 aliphatic heterocycles. The third kappa shape index (κ3) is 7.19. The minimum atomic E-state index is -6.09. The maximum atomic E-state index is 14.0. The number of fused-ring (bicyclic) bond motifs is 1. The Bertz CT molecular complexity index is 1630. The van der Waals surface area contributed by atoms with Crippen LogP contribution in [0, 0.1) is 0 Å². The van der Waals surface area contributed by atoms with Crippen molar-refractivity contribution < 1.29 is 57.1 Å². The summed E-state index contributed by atoms with van der Waals surface area (Å²) in [4.78, 5) is 0. The summed E-state index contributed by atoms with van der Waals surface area (Å²) >= 11 is 0. The highest BCUT2D eigenvalue weighted by Gasteiger charge is 2.42. The van der Waals surface area contributed by atoms with E-state index in [0.29, 0.717) is 11.4 Å². The number of rotatable bonds is 2. The highest BCUT2D eigenvalue weighted by atomic mass is 32.2. The van der Waals surface area contributed by atoms with Crippen LogP contribution in [0.5, 0.6) is 0 Å². The molecule has 3 aromatic carbocycles. The molecule has 0 saturated carbocycles. The lowest BCUT2D eigenvalue weighted by atomic mass is 9.87. The van der Waals surface area contributed by atoms with Crippen LogP contribution < -0.4 is 4.57 Å². The maximum Gasteiger partial charge on any atom is 0.485 e. The Labute approximate surface area is 228 Å². The molecule has 15 heteroatoms. The van der Waals surface area contributed by atoms with Crippen molar-refractivity contribution in [3.63, 3.8) is 0 Å². The van der Waals surface area contributed by atoms with Crippen molar-refractivity contribution in [2.75, 3.05) is 0 Å². The fourth-order valence-electron chi connectivity index (χ4n) is 3.78. The second-order valence-electron chi connectivity index (χ2n) is 9.77. The molecule has 0 fully saturated rings. The maximum absolute atomic E-state index is 14.0. The van der Waals surface area contributed by atoms with E-state index in [1.54, 1.807) is 42.5 Å². The Kier molecular flexibility index (Phi) is 8.31. The van der Waals surface area contributed by atoms with Crippen molar-refractivity contribution in [2.45, 2.75) is 44.0 Å². The average Bonchev–Trinajstić information content (AvgIpc) is 3.21. The van der Waals surface area contributed by atoms with E-state index in [1.807, 2.05) is 32.9 Å². The molecule has 4 aromatic rings. The van der Waals surface area contributed by atoms with Crippen molar-refractivity contribution in [3.05, 3.63) is 89.7 Å². The lowest BCUT2D eigenvalue weighted by Crippen LogP contribution is -2.31. The monoisotopic (exact) mass is 612 g/mol. The summed E-state index contributed by atoms with van der Waals surface area (Å²) < 4.78 is 144. The van der Waals surface area contributed by atoms with Crippen LogP contribution in [-0.2, 0) is 27.9 Å². The lowest BCUT2D eigenvalue weighted by Gasteiger charge is -2.18. The zero-order valence-corrected chi connectivity index (χ0v) is 22.2. The second-order valence-corrected chi connectivity index (χ2v) is 11.1. The Morgan fingerprint density at radius 3 is 1.66 bits per heavy atom. The van der Waals surface area contributed by atoms with E-state index in [0.717, 1.165) is 11.6 Å². The number of aromatic nitrogens is 2. The van der Waals surface area contributed by atoms with E-state index in [4.69, 9.17) is 13.0 Å². The van der Waals surface area contributed by atoms with Gasteiger partial charge in [0.1, 0.15) is 16.9 Å². The molecule has 1 heterocycles. The lowest BCUT2D eigenvalue weighted by molar-refractivity contribution is -0.568. The fourth-order valence-corrected chi connectivity index (χ4v) is 3.78. The van der Waals surface area contributed by atoms with Gasteiger partial charge in [0, 0.05) is 6.07 Å². The largest absolute Gasteiger partial charge is 0.741 e. The number of para-hydroxylation sites is 1. The van der Waals surface area contributed by atoms with Gasteiger partial charge in [-0.2, -0.15) is 48.6 Å². The molecule has 0 amide bonds. The third-order valence-electron chi connectivity index (χ3n) is 5.78. The van der Waals surface area contributed by atoms with Gasteiger partial charge >= 0.3 is 17.9 Å². The van der Waals surface area contributed by atoms with Gasteiger partial charge in [-0.15, -0.1) is 0 Å². The van der Waals surface area contributed by atoms with Crippen LogP contribution in [0.15, 0.2) is 73.1 Å². The van der Waals surface area contributed by atoms with Gasteiger partial charge in [-0.25, -0.2) is 8.42 Å². The number of imidazole rings is 1. The van der Waals surface area contributed by atoms with Crippen molar-refractivity contribution in [3.8, 4) is 11.4 Å². The van der Waals surface area contributed by atoms with E-state index >= 15 is 0 Å². The van der Waals surface area contributed by atoms with Gasteiger partial charge in [0.05, 0.1) is 5.56 Å². The molecule has 4 rings (SSSR count). The van der Waals surface area contributed by atoms with Gasteiger partial charge in [0.15, 0.2) is 21.2 Å². The highest BCUT2D eigenvalue weighted by molar-refractivity contribution is 7.86. The van der Waals surface area contributed by atoms with Gasteiger partial charge in [-0.3, -0.25) is 0 Å². The Balaban J connectivity index is 0.000000507. The number of benzene rings is 3. The molecule has 1 aromatic heterocycles. The molecular weight excluding hydrogens is 591 g/mol. The summed E-state index contributed by atoms with van der Waals surface area (Å²) in [6.45, 7) is 6.05. The molecule has 41 heavy (non-hydrogen) atoms. The second kappa shape index (κ2) is 10.7. The Hall–Kier alpha value is -3.59. The molecule has 0 radical (unpaired) electrons. The smallest absolute Gasteiger partial charge is 0.485 e. The number of hydrogen-bond donors (Lipinski definition) is 0. The standard InChI is InChI=1S/C25H21F6N2.CHF3O3S/c1-23(2,3)16-9-11-19(12-10-16)32-15-33(18-7-5-4-6-8-18)22-20(25(29,30)31)13-17(14-21(22)32)24(26,27)28;2-1(3,4)8(5,6)7/h4-15H,1-3H3;(H,5,6,7)/q+1;/p-1. The molecule has 0 N–H and O–H groups in total. The van der Waals surface area contributed by atoms with Crippen LogP contribution in [0.4, 0.5) is 39.5 Å². The van der Waals surface area contributed by atoms with Crippen molar-refractivity contribution in [1.29, 1.82) is 0 Å². The predicted molar refractivity (Wildman–Crippen MR) is 129 cm³/mol. The van der Waals surface area contributed by atoms with Crippen LogP contribution in [0.1, 0.15) is 37.5 Å². The van der Waals surface area contributed by atoms with E-state index in [-0.39, 0.29) is 22.5 Å². The first kappa shape index (κ1) is 31.9. The van der Waals surface area contributed by atoms with Gasteiger partial charge in [-0.05, 0) is 41.3 Å². The van der Waals surface area contributed by atoms with E-state index in [2.05, 4.69) is 0 Å². The zero-order chi connectivity index (χ0) is 31.2. The van der Waals surface area contributed by atoms with Crippen molar-refractivity contribution in [1.82, 2.24) is 4.57 Å². The number of hydrogen-bond acceptors (Lipinski definition) is 3. The van der Waals surface area contributed by atoms with Crippen LogP contribution in [-0.4, -0.2) is 23.0 Å². The van der Waals surface area contributed by atoms with Crippen molar-refractivity contribution in [2.24, 2.45) is 0 Å². The average molecular weight is 613 g/mol. The van der Waals surface area contributed by atoms with Crippen molar-refractivity contribution >= 4 is 21.2 Å². The summed E-state index contributed by atoms with van der Waals surface area (Å²) in [5.41, 5.74) is -7.19. The summed E-state index contributed by atoms with van der Waals surface area (Å²) in [6, 6.07) is 16.2. The minimum Gasteiger partial charge on any atom is -0.741 e. The summed E-state index contributed by atoms with van der Waals surface area (Å²) in [5.74, 6) is 0. The van der Waals surface area contributed by atoms with Crippen LogP contribution in [0.2, 0.25) is 0 Å². The predicted octanol–water partition coefficient (Wildman–Crippen LogP) is 7.29. The number of alkyl halides is 9. The SMILES string of the molecule is CC(C)(C)c1ccc(-n2c[n+](-c3ccccc3)c3c(C(F)(F)F)cc(C(F)(F)F)cc32)cc1.O=S(=O)([O-])C(F)(F)F. The first-order valence-corrected chi connectivity index (χ1v) is 12.9. The Morgan fingerprint density at radius 2 is 1.24 bits per heavy atom. The topological polar surface area (TPSA) is 66.0 Å². The molecule has 0 saturated heterocycles. The first-order chi connectivity index (χ1) is 18.5. The summed E-state index contributed by atoms with van der Waals surface area (Å²) in [5, 5.41) is 0. The number of nitrogens with zero attached hydrogens (tertiary/aromatic N) is 2. The molecule has 0 spiro atoms. The van der Waals surface area contributed by atoms with Crippen LogP contribution >= 0.6 is 0 Å². The molecule has 5 nitrogen and oxygen atoms in total. The molecule has 0 atom stereocenters. The first-order valence-electron chi connectivity index (χ1n) is 11.5.